The predicted octanol–water partition coefficient (Wildman–Crippen LogP) is 2.27. The number of hydrogen-bond acceptors (Lipinski definition) is 7. The molecular formula is C26H44N4O5S. The second-order valence-corrected chi connectivity index (χ2v) is 14.6. The van der Waals surface area contributed by atoms with Crippen molar-refractivity contribution in [3.63, 3.8) is 0 Å². The molecule has 5 fully saturated rings. The molecule has 10 heteroatoms. The van der Waals surface area contributed by atoms with Crippen LogP contribution in [0.4, 0.5) is 4.79 Å². The number of nitrogens with one attached hydrogen (secondary N) is 1. The van der Waals surface area contributed by atoms with Gasteiger partial charge in [-0.25, -0.2) is 18.2 Å². The number of piperazine rings is 1. The van der Waals surface area contributed by atoms with Gasteiger partial charge in [0.15, 0.2) is 0 Å². The summed E-state index contributed by atoms with van der Waals surface area (Å²) in [6.45, 7) is 9.17. The fourth-order valence-electron chi connectivity index (χ4n) is 7.03. The maximum absolute atomic E-state index is 13.2. The van der Waals surface area contributed by atoms with E-state index in [0.29, 0.717) is 35.8 Å². The Bertz CT molecular complexity index is 925. The minimum absolute atomic E-state index is 0.00602. The van der Waals surface area contributed by atoms with E-state index in [1.54, 1.807) is 0 Å². The van der Waals surface area contributed by atoms with Crippen LogP contribution in [0.5, 0.6) is 0 Å². The van der Waals surface area contributed by atoms with Crippen LogP contribution in [0.1, 0.15) is 65.7 Å². The molecule has 9 nitrogen and oxygen atoms in total. The van der Waals surface area contributed by atoms with Crippen LogP contribution in [-0.2, 0) is 19.4 Å². The smallest absolute Gasteiger partial charge is 0.410 e. The summed E-state index contributed by atoms with van der Waals surface area (Å²) in [5.41, 5.74) is 3.58. The zero-order valence-corrected chi connectivity index (χ0v) is 22.9. The first-order valence-corrected chi connectivity index (χ1v) is 15.9. The van der Waals surface area contributed by atoms with E-state index in [0.717, 1.165) is 64.6 Å². The van der Waals surface area contributed by atoms with E-state index in [9.17, 15) is 18.0 Å². The second-order valence-electron chi connectivity index (χ2n) is 12.3. The summed E-state index contributed by atoms with van der Waals surface area (Å²) in [4.78, 5) is 30.4. The van der Waals surface area contributed by atoms with E-state index >= 15 is 0 Å². The third-order valence-corrected chi connectivity index (χ3v) is 10.8. The standard InChI is InChI=1S/C26H44N4O5S/c1-17(2)35-26(32)29-14-18(3)30(25(31)20-4-5-20)23-7-6-21(12-24(23)29)22-13-27-28(16-22)15-19-8-10-36(33,34)11-9-19/h17-24,27H,4-16H2,1-3H3/t18-,21?,22?,23?,24?/m0/s1. The first-order valence-electron chi connectivity index (χ1n) is 14.1. The molecule has 4 unspecified atom stereocenters. The van der Waals surface area contributed by atoms with Gasteiger partial charge in [0.25, 0.3) is 0 Å². The van der Waals surface area contributed by atoms with Gasteiger partial charge in [0.05, 0.1) is 29.7 Å². The quantitative estimate of drug-likeness (QED) is 0.589. The molecule has 0 aromatic heterocycles. The van der Waals surface area contributed by atoms with E-state index in [1.807, 2.05) is 18.7 Å². The van der Waals surface area contributed by atoms with E-state index in [1.165, 1.54) is 0 Å². The molecule has 3 saturated heterocycles. The van der Waals surface area contributed by atoms with Crippen molar-refractivity contribution in [3.8, 4) is 0 Å². The lowest BCUT2D eigenvalue weighted by atomic mass is 9.73. The topological polar surface area (TPSA) is 99.3 Å². The van der Waals surface area contributed by atoms with Gasteiger partial charge in [-0.05, 0) is 83.5 Å². The van der Waals surface area contributed by atoms with Gasteiger partial charge in [0, 0.05) is 38.1 Å². The number of rotatable bonds is 5. The highest BCUT2D eigenvalue weighted by Crippen LogP contribution is 2.42. The lowest BCUT2D eigenvalue weighted by molar-refractivity contribution is -0.146. The molecule has 2 aliphatic carbocycles. The summed E-state index contributed by atoms with van der Waals surface area (Å²) < 4.78 is 29.2. The van der Waals surface area contributed by atoms with Crippen molar-refractivity contribution in [1.82, 2.24) is 20.2 Å². The highest BCUT2D eigenvalue weighted by molar-refractivity contribution is 7.91. The molecule has 3 heterocycles. The Morgan fingerprint density at radius 1 is 0.972 bits per heavy atom. The Hall–Kier alpha value is -1.39. The molecule has 0 radical (unpaired) electrons. The van der Waals surface area contributed by atoms with Crippen molar-refractivity contribution in [2.45, 2.75) is 89.9 Å². The van der Waals surface area contributed by atoms with E-state index in [4.69, 9.17) is 4.74 Å². The molecule has 2 amide bonds. The van der Waals surface area contributed by atoms with Crippen LogP contribution in [0.2, 0.25) is 0 Å². The normalized spacial score (nSPS) is 35.6. The molecule has 0 bridgehead atoms. The largest absolute Gasteiger partial charge is 0.447 e. The zero-order chi connectivity index (χ0) is 25.6. The van der Waals surface area contributed by atoms with Crippen molar-refractivity contribution >= 4 is 21.8 Å². The molecule has 5 rings (SSSR count). The molecule has 204 valence electrons. The Balaban J connectivity index is 1.24. The highest BCUT2D eigenvalue weighted by Gasteiger charge is 2.51. The van der Waals surface area contributed by atoms with Gasteiger partial charge in [-0.3, -0.25) is 10.2 Å². The maximum Gasteiger partial charge on any atom is 0.410 e. The van der Waals surface area contributed by atoms with E-state index < -0.39 is 9.84 Å². The van der Waals surface area contributed by atoms with Crippen molar-refractivity contribution < 1.29 is 22.7 Å². The molecule has 0 spiro atoms. The summed E-state index contributed by atoms with van der Waals surface area (Å²) in [6, 6.07) is 0.0949. The summed E-state index contributed by atoms with van der Waals surface area (Å²) in [5, 5.41) is 2.30. The van der Waals surface area contributed by atoms with Gasteiger partial charge < -0.3 is 14.5 Å². The number of carbonyl (C=O) groups excluding carboxylic acids is 2. The van der Waals surface area contributed by atoms with Gasteiger partial charge in [-0.2, -0.15) is 0 Å². The lowest BCUT2D eigenvalue weighted by Crippen LogP contribution is -2.67. The second kappa shape index (κ2) is 10.4. The summed E-state index contributed by atoms with van der Waals surface area (Å²) in [6.07, 6.45) is 6.00. The molecular weight excluding hydrogens is 480 g/mol. The first-order chi connectivity index (χ1) is 17.1. The number of fused-ring (bicyclic) bond motifs is 1. The van der Waals surface area contributed by atoms with Crippen LogP contribution in [0.15, 0.2) is 0 Å². The van der Waals surface area contributed by atoms with Gasteiger partial charge in [0.1, 0.15) is 9.84 Å². The van der Waals surface area contributed by atoms with E-state index in [-0.39, 0.29) is 42.1 Å². The maximum atomic E-state index is 13.2. The number of carbonyl (C=O) groups is 2. The highest BCUT2D eigenvalue weighted by atomic mass is 32.2. The molecule has 0 aromatic rings. The summed E-state index contributed by atoms with van der Waals surface area (Å²) >= 11 is 0. The van der Waals surface area contributed by atoms with Crippen LogP contribution < -0.4 is 5.43 Å². The summed E-state index contributed by atoms with van der Waals surface area (Å²) in [5.74, 6) is 2.51. The number of ether oxygens (including phenoxy) is 1. The van der Waals surface area contributed by atoms with Crippen LogP contribution in [0.3, 0.4) is 0 Å². The average molecular weight is 525 g/mol. The molecule has 0 aromatic carbocycles. The van der Waals surface area contributed by atoms with Gasteiger partial charge in [0.2, 0.25) is 5.91 Å². The number of amides is 2. The predicted molar refractivity (Wildman–Crippen MR) is 137 cm³/mol. The molecule has 36 heavy (non-hydrogen) atoms. The minimum atomic E-state index is -2.83. The fraction of sp³-hybridized carbons (Fsp3) is 0.923. The first kappa shape index (κ1) is 26.2. The number of nitrogens with zero attached hydrogens (tertiary/aromatic N) is 3. The van der Waals surface area contributed by atoms with Crippen molar-refractivity contribution in [1.29, 1.82) is 0 Å². The number of hydrazine groups is 1. The molecule has 5 atom stereocenters. The van der Waals surface area contributed by atoms with Crippen LogP contribution >= 0.6 is 0 Å². The number of sulfone groups is 1. The Labute approximate surface area is 216 Å². The van der Waals surface area contributed by atoms with Crippen molar-refractivity contribution in [2.24, 2.45) is 23.7 Å². The van der Waals surface area contributed by atoms with Gasteiger partial charge >= 0.3 is 6.09 Å². The van der Waals surface area contributed by atoms with Crippen LogP contribution in [-0.4, -0.2) is 97.1 Å². The van der Waals surface area contributed by atoms with Crippen LogP contribution in [0, 0.1) is 23.7 Å². The number of hydrogen-bond donors (Lipinski definition) is 1. The third-order valence-electron chi connectivity index (χ3n) is 9.12. The molecule has 2 saturated carbocycles. The van der Waals surface area contributed by atoms with Gasteiger partial charge in [-0.1, -0.05) is 0 Å². The van der Waals surface area contributed by atoms with Crippen molar-refractivity contribution in [3.05, 3.63) is 0 Å². The third kappa shape index (κ3) is 5.70. The molecule has 3 aliphatic heterocycles. The Morgan fingerprint density at radius 2 is 1.69 bits per heavy atom. The van der Waals surface area contributed by atoms with E-state index in [2.05, 4.69) is 22.3 Å². The van der Waals surface area contributed by atoms with Gasteiger partial charge in [-0.15, -0.1) is 0 Å². The monoisotopic (exact) mass is 524 g/mol. The van der Waals surface area contributed by atoms with Crippen LogP contribution in [0.25, 0.3) is 0 Å². The lowest BCUT2D eigenvalue weighted by Gasteiger charge is -2.54. The Morgan fingerprint density at radius 3 is 2.36 bits per heavy atom. The zero-order valence-electron chi connectivity index (χ0n) is 22.1. The SMILES string of the molecule is CC(C)OC(=O)N1C[C@H](C)N(C(=O)C2CC2)C2CCC(C3CNN(CC4CCS(=O)(=O)CC4)C3)CC21. The van der Waals surface area contributed by atoms with Crippen molar-refractivity contribution in [2.75, 3.05) is 37.7 Å². The minimum Gasteiger partial charge on any atom is -0.447 e. The average Bonchev–Trinajstić information content (AvgIpc) is 3.57. The summed E-state index contributed by atoms with van der Waals surface area (Å²) in [7, 11) is -2.83. The molecule has 5 aliphatic rings. The molecule has 1 N–H and O–H groups in total. The fourth-order valence-corrected chi connectivity index (χ4v) is 8.62. The Kier molecular flexibility index (Phi) is 7.58.